The fourth-order valence-electron chi connectivity index (χ4n) is 3.96. The van der Waals surface area contributed by atoms with Gasteiger partial charge in [0, 0.05) is 29.4 Å². The van der Waals surface area contributed by atoms with Gasteiger partial charge in [0.05, 0.1) is 30.1 Å². The minimum Gasteiger partial charge on any atom is -0.496 e. The third-order valence-corrected chi connectivity index (χ3v) is 7.60. The monoisotopic (exact) mass is 512 g/mol. The van der Waals surface area contributed by atoms with Gasteiger partial charge in [-0.1, -0.05) is 40.5 Å². The summed E-state index contributed by atoms with van der Waals surface area (Å²) in [5.41, 5.74) is 3.53. The van der Waals surface area contributed by atoms with Crippen molar-refractivity contribution in [1.82, 2.24) is 20.6 Å². The van der Waals surface area contributed by atoms with Gasteiger partial charge in [0.25, 0.3) is 0 Å². The summed E-state index contributed by atoms with van der Waals surface area (Å²) in [6.45, 7) is 11.5. The minimum absolute atomic E-state index is 0.00389. The number of aromatic nitrogens is 2. The number of benzene rings is 1. The van der Waals surface area contributed by atoms with Gasteiger partial charge in [-0.25, -0.2) is 4.98 Å². The number of pyridine rings is 1. The third-order valence-electron chi connectivity index (χ3n) is 6.71. The second kappa shape index (κ2) is 12.5. The summed E-state index contributed by atoms with van der Waals surface area (Å²) < 4.78 is 5.34. The molecular weight excluding hydrogens is 472 g/mol. The zero-order valence-electron chi connectivity index (χ0n) is 22.5. The lowest BCUT2D eigenvalue weighted by Crippen LogP contribution is -2.41. The van der Waals surface area contributed by atoms with Crippen LogP contribution in [0.5, 0.6) is 5.75 Å². The van der Waals surface area contributed by atoms with Gasteiger partial charge in [0.15, 0.2) is 5.43 Å². The maximum atomic E-state index is 12.4. The summed E-state index contributed by atoms with van der Waals surface area (Å²) in [7, 11) is 3.31. The van der Waals surface area contributed by atoms with Crippen LogP contribution in [-0.4, -0.2) is 42.6 Å². The average Bonchev–Trinajstić information content (AvgIpc) is 3.30. The Balaban J connectivity index is 0.000000211. The van der Waals surface area contributed by atoms with Crippen LogP contribution in [0.3, 0.4) is 0 Å². The maximum absolute atomic E-state index is 12.4. The molecule has 2 unspecified atom stereocenters. The average molecular weight is 513 g/mol. The molecule has 1 amide bonds. The van der Waals surface area contributed by atoms with Crippen molar-refractivity contribution >= 4 is 28.1 Å². The molecule has 36 heavy (non-hydrogen) atoms. The minimum atomic E-state index is -0.00389. The number of hydrogen-bond acceptors (Lipinski definition) is 6. The fraction of sp³-hybridized carbons (Fsp3) is 0.536. The molecule has 7 nitrogen and oxygen atoms in total. The number of thiazole rings is 1. The summed E-state index contributed by atoms with van der Waals surface area (Å²) >= 11 is 1.55. The molecule has 3 aromatic rings. The van der Waals surface area contributed by atoms with E-state index in [1.54, 1.807) is 37.6 Å². The van der Waals surface area contributed by atoms with Gasteiger partial charge in [-0.2, -0.15) is 0 Å². The van der Waals surface area contributed by atoms with Gasteiger partial charge in [-0.15, -0.1) is 11.3 Å². The van der Waals surface area contributed by atoms with Crippen molar-refractivity contribution in [3.63, 3.8) is 0 Å². The topological polar surface area (TPSA) is 96.1 Å². The highest BCUT2D eigenvalue weighted by atomic mass is 32.1. The van der Waals surface area contributed by atoms with Crippen LogP contribution in [0.25, 0.3) is 21.6 Å². The van der Waals surface area contributed by atoms with Crippen molar-refractivity contribution in [2.24, 2.45) is 11.8 Å². The predicted octanol–water partition coefficient (Wildman–Crippen LogP) is 5.24. The first-order valence-electron chi connectivity index (χ1n) is 12.8. The second-order valence-electron chi connectivity index (χ2n) is 10.1. The largest absolute Gasteiger partial charge is 0.496 e. The molecule has 3 N–H and O–H groups in total. The van der Waals surface area contributed by atoms with E-state index >= 15 is 0 Å². The van der Waals surface area contributed by atoms with Crippen molar-refractivity contribution in [3.8, 4) is 16.5 Å². The number of rotatable bonds is 4. The van der Waals surface area contributed by atoms with Gasteiger partial charge in [0.2, 0.25) is 5.91 Å². The zero-order chi connectivity index (χ0) is 26.4. The van der Waals surface area contributed by atoms with Crippen molar-refractivity contribution in [2.75, 3.05) is 20.7 Å². The number of aryl methyl sites for hydroxylation is 1. The molecule has 1 aromatic carbocycles. The Morgan fingerprint density at radius 1 is 1.22 bits per heavy atom. The maximum Gasteiger partial charge on any atom is 0.237 e. The quantitative estimate of drug-likeness (QED) is 0.444. The number of amides is 1. The Bertz CT molecular complexity index is 1230. The first-order valence-corrected chi connectivity index (χ1v) is 13.7. The van der Waals surface area contributed by atoms with E-state index in [-0.39, 0.29) is 17.4 Å². The van der Waals surface area contributed by atoms with Gasteiger partial charge in [-0.3, -0.25) is 9.59 Å². The highest BCUT2D eigenvalue weighted by Crippen LogP contribution is 2.29. The van der Waals surface area contributed by atoms with E-state index in [1.165, 1.54) is 12.8 Å². The van der Waals surface area contributed by atoms with Gasteiger partial charge < -0.3 is 20.4 Å². The number of carbonyl (C=O) groups excluding carboxylic acids is 1. The Hall–Kier alpha value is -2.71. The molecule has 1 saturated heterocycles. The summed E-state index contributed by atoms with van der Waals surface area (Å²) in [4.78, 5) is 31.4. The first kappa shape index (κ1) is 27.9. The molecule has 5 rings (SSSR count). The number of nitrogens with zero attached hydrogens (tertiary/aromatic N) is 1. The van der Waals surface area contributed by atoms with Gasteiger partial charge in [0.1, 0.15) is 10.8 Å². The molecule has 196 valence electrons. The van der Waals surface area contributed by atoms with E-state index in [4.69, 9.17) is 4.74 Å². The molecule has 1 saturated carbocycles. The number of carbonyl (C=O) groups is 1. The Morgan fingerprint density at radius 2 is 1.92 bits per heavy atom. The number of H-pyrrole nitrogens is 1. The summed E-state index contributed by atoms with van der Waals surface area (Å²) in [6, 6.07) is 5.29. The van der Waals surface area contributed by atoms with E-state index in [9.17, 15) is 9.59 Å². The highest BCUT2D eigenvalue weighted by molar-refractivity contribution is 7.13. The highest BCUT2D eigenvalue weighted by Gasteiger charge is 2.28. The SMILES string of the molecule is CC1CC1.CNC(=O)C1NCCC1C.COc1ccc2c(=O)cc(-c3nc(C(C)C)cs3)[nH]c2c1C. The van der Waals surface area contributed by atoms with Crippen LogP contribution in [0.1, 0.15) is 64.1 Å². The van der Waals surface area contributed by atoms with E-state index in [2.05, 4.69) is 48.3 Å². The van der Waals surface area contributed by atoms with Crippen LogP contribution in [0.15, 0.2) is 28.4 Å². The Morgan fingerprint density at radius 3 is 2.42 bits per heavy atom. The molecule has 8 heteroatoms. The number of ether oxygens (including phenoxy) is 1. The Kier molecular flexibility index (Phi) is 9.68. The lowest BCUT2D eigenvalue weighted by molar-refractivity contribution is -0.123. The van der Waals surface area contributed by atoms with Crippen LogP contribution in [0.2, 0.25) is 0 Å². The summed E-state index contributed by atoms with van der Waals surface area (Å²) in [5.74, 6) is 2.83. The molecule has 0 spiro atoms. The number of aromatic amines is 1. The van der Waals surface area contributed by atoms with Crippen molar-refractivity contribution < 1.29 is 9.53 Å². The first-order chi connectivity index (χ1) is 17.2. The standard InChI is InChI=1S/C17H18N2O2S.C7H14N2O.C4H8/c1-9(2)13-8-22-17(19-13)12-7-14(20)11-5-6-15(21-4)10(3)16(11)18-12;1-5-3-4-9-6(5)7(10)8-2;1-4-2-3-4/h5-9H,1-4H3,(H,18,20);5-6,9H,3-4H2,1-2H3,(H,8,10);4H,2-3H2,1H3. The molecule has 1 aliphatic heterocycles. The van der Waals surface area contributed by atoms with Crippen LogP contribution in [0, 0.1) is 18.8 Å². The fourth-order valence-corrected chi connectivity index (χ4v) is 4.91. The Labute approximate surface area is 218 Å². The summed E-state index contributed by atoms with van der Waals surface area (Å²) in [6.07, 6.45) is 4.08. The number of hydrogen-bond donors (Lipinski definition) is 3. The number of nitrogens with one attached hydrogen (secondary N) is 3. The molecule has 2 fully saturated rings. The lowest BCUT2D eigenvalue weighted by atomic mass is 10.0. The molecule has 0 bridgehead atoms. The number of likely N-dealkylation sites (N-methyl/N-ethyl adjacent to an activating group) is 1. The molecule has 2 aliphatic rings. The van der Waals surface area contributed by atoms with Crippen LogP contribution in [0.4, 0.5) is 0 Å². The second-order valence-corrected chi connectivity index (χ2v) is 10.9. The molecule has 2 atom stereocenters. The van der Waals surface area contributed by atoms with Crippen molar-refractivity contribution in [1.29, 1.82) is 0 Å². The van der Waals surface area contributed by atoms with Gasteiger partial charge in [-0.05, 0) is 49.8 Å². The van der Waals surface area contributed by atoms with E-state index in [0.717, 1.165) is 52.1 Å². The predicted molar refractivity (Wildman–Crippen MR) is 149 cm³/mol. The number of fused-ring (bicyclic) bond motifs is 1. The summed E-state index contributed by atoms with van der Waals surface area (Å²) in [5, 5.41) is 9.33. The molecule has 0 radical (unpaired) electrons. The molecule has 3 heterocycles. The van der Waals surface area contributed by atoms with E-state index < -0.39 is 0 Å². The zero-order valence-corrected chi connectivity index (χ0v) is 23.3. The van der Waals surface area contributed by atoms with Crippen LogP contribution in [-0.2, 0) is 4.79 Å². The van der Waals surface area contributed by atoms with Crippen LogP contribution < -0.4 is 20.8 Å². The van der Waals surface area contributed by atoms with Gasteiger partial charge >= 0.3 is 0 Å². The number of methoxy groups -OCH3 is 1. The van der Waals surface area contributed by atoms with Crippen molar-refractivity contribution in [2.45, 2.75) is 65.8 Å². The van der Waals surface area contributed by atoms with Crippen molar-refractivity contribution in [3.05, 3.63) is 45.1 Å². The molecular formula is C28H40N4O3S. The molecule has 2 aromatic heterocycles. The third kappa shape index (κ3) is 6.95. The smallest absolute Gasteiger partial charge is 0.237 e. The lowest BCUT2D eigenvalue weighted by Gasteiger charge is -2.12. The van der Waals surface area contributed by atoms with Crippen LogP contribution >= 0.6 is 11.3 Å². The van der Waals surface area contributed by atoms with E-state index in [1.807, 2.05) is 18.4 Å². The van der Waals surface area contributed by atoms with E-state index in [0.29, 0.717) is 17.2 Å². The molecule has 1 aliphatic carbocycles. The normalized spacial score (nSPS) is 18.8.